The van der Waals surface area contributed by atoms with Gasteiger partial charge in [-0.2, -0.15) is 0 Å². The Kier molecular flexibility index (Phi) is 5.28. The molecule has 0 unspecified atom stereocenters. The Morgan fingerprint density at radius 3 is 2.24 bits per heavy atom. The largest absolute Gasteiger partial charge is 0.339 e. The number of nitrogens with zero attached hydrogens (tertiary/aromatic N) is 1. The highest BCUT2D eigenvalue weighted by molar-refractivity contribution is 6.00. The first-order valence-corrected chi connectivity index (χ1v) is 8.35. The highest BCUT2D eigenvalue weighted by Crippen LogP contribution is 2.16. The Balaban J connectivity index is 1.58. The number of piperidine rings is 1. The summed E-state index contributed by atoms with van der Waals surface area (Å²) in [7, 11) is 0. The summed E-state index contributed by atoms with van der Waals surface area (Å²) in [6.07, 6.45) is 3.27. The third-order valence-electron chi connectivity index (χ3n) is 4.12. The summed E-state index contributed by atoms with van der Waals surface area (Å²) in [5.41, 5.74) is 1.54. The topological polar surface area (TPSA) is 61.4 Å². The number of hydrogen-bond acceptors (Lipinski definition) is 2. The summed E-state index contributed by atoms with van der Waals surface area (Å²) >= 11 is 0. The van der Waals surface area contributed by atoms with Crippen molar-refractivity contribution in [3.8, 4) is 0 Å². The van der Waals surface area contributed by atoms with Crippen LogP contribution in [0.5, 0.6) is 0 Å². The normalized spacial score (nSPS) is 14.0. The standard InChI is InChI=1S/C19H20FN3O2/c20-15-5-4-6-17(13-15)22-19(25)21-16-9-7-14(8-10-16)18(24)23-11-2-1-3-12-23/h4-10,13H,1-3,11-12H2,(H2,21,22,25). The van der Waals surface area contributed by atoms with Gasteiger partial charge in [0, 0.05) is 30.0 Å². The monoisotopic (exact) mass is 341 g/mol. The zero-order valence-electron chi connectivity index (χ0n) is 13.8. The average molecular weight is 341 g/mol. The minimum Gasteiger partial charge on any atom is -0.339 e. The van der Waals surface area contributed by atoms with E-state index in [4.69, 9.17) is 0 Å². The van der Waals surface area contributed by atoms with Gasteiger partial charge in [-0.3, -0.25) is 4.79 Å². The number of likely N-dealkylation sites (tertiary alicyclic amines) is 1. The lowest BCUT2D eigenvalue weighted by molar-refractivity contribution is 0.0724. The van der Waals surface area contributed by atoms with Gasteiger partial charge in [0.1, 0.15) is 5.82 Å². The molecule has 1 saturated heterocycles. The SMILES string of the molecule is O=C(Nc1ccc(C(=O)N2CCCCC2)cc1)Nc1cccc(F)c1. The van der Waals surface area contributed by atoms with Crippen molar-refractivity contribution >= 4 is 23.3 Å². The first-order chi connectivity index (χ1) is 12.1. The summed E-state index contributed by atoms with van der Waals surface area (Å²) in [6, 6.07) is 12.0. The molecule has 2 aromatic rings. The quantitative estimate of drug-likeness (QED) is 0.883. The van der Waals surface area contributed by atoms with Gasteiger partial charge in [0.15, 0.2) is 0 Å². The van der Waals surface area contributed by atoms with E-state index in [1.807, 2.05) is 4.90 Å². The van der Waals surface area contributed by atoms with Gasteiger partial charge in [0.25, 0.3) is 5.91 Å². The van der Waals surface area contributed by atoms with Crippen LogP contribution in [-0.4, -0.2) is 29.9 Å². The number of rotatable bonds is 3. The van der Waals surface area contributed by atoms with Gasteiger partial charge in [-0.15, -0.1) is 0 Å². The van der Waals surface area contributed by atoms with Crippen LogP contribution in [0.15, 0.2) is 48.5 Å². The van der Waals surface area contributed by atoms with Crippen LogP contribution in [-0.2, 0) is 0 Å². The van der Waals surface area contributed by atoms with E-state index in [0.29, 0.717) is 16.9 Å². The molecule has 1 heterocycles. The van der Waals surface area contributed by atoms with Gasteiger partial charge < -0.3 is 15.5 Å². The van der Waals surface area contributed by atoms with E-state index in [0.717, 1.165) is 25.9 Å². The number of amides is 3. The maximum absolute atomic E-state index is 13.1. The molecule has 1 aliphatic rings. The number of nitrogens with one attached hydrogen (secondary N) is 2. The first-order valence-electron chi connectivity index (χ1n) is 8.35. The zero-order valence-corrected chi connectivity index (χ0v) is 13.8. The number of halogens is 1. The minimum atomic E-state index is -0.472. The molecule has 0 saturated carbocycles. The Morgan fingerprint density at radius 2 is 1.56 bits per heavy atom. The summed E-state index contributed by atoms with van der Waals surface area (Å²) < 4.78 is 13.1. The van der Waals surface area contributed by atoms with Gasteiger partial charge in [-0.1, -0.05) is 6.07 Å². The highest BCUT2D eigenvalue weighted by Gasteiger charge is 2.17. The number of hydrogen-bond donors (Lipinski definition) is 2. The number of anilines is 2. The lowest BCUT2D eigenvalue weighted by Gasteiger charge is -2.26. The molecule has 0 atom stereocenters. The Morgan fingerprint density at radius 1 is 0.880 bits per heavy atom. The van der Waals surface area contributed by atoms with Crippen molar-refractivity contribution in [3.63, 3.8) is 0 Å². The van der Waals surface area contributed by atoms with Crippen LogP contribution in [0.2, 0.25) is 0 Å². The van der Waals surface area contributed by atoms with E-state index < -0.39 is 11.8 Å². The van der Waals surface area contributed by atoms with Crippen LogP contribution in [0.4, 0.5) is 20.6 Å². The maximum Gasteiger partial charge on any atom is 0.323 e. The van der Waals surface area contributed by atoms with E-state index in [1.165, 1.54) is 24.6 Å². The maximum atomic E-state index is 13.1. The second-order valence-electron chi connectivity index (χ2n) is 6.02. The van der Waals surface area contributed by atoms with E-state index in [-0.39, 0.29) is 5.91 Å². The molecule has 0 radical (unpaired) electrons. The van der Waals surface area contributed by atoms with Gasteiger partial charge in [0.05, 0.1) is 0 Å². The van der Waals surface area contributed by atoms with Crippen molar-refractivity contribution in [3.05, 3.63) is 59.9 Å². The molecule has 1 fully saturated rings. The molecule has 0 bridgehead atoms. The first kappa shape index (κ1) is 17.0. The molecule has 0 aromatic heterocycles. The van der Waals surface area contributed by atoms with E-state index in [9.17, 15) is 14.0 Å². The predicted molar refractivity (Wildman–Crippen MR) is 95.2 cm³/mol. The molecule has 130 valence electrons. The van der Waals surface area contributed by atoms with Crippen LogP contribution in [0, 0.1) is 5.82 Å². The molecule has 25 heavy (non-hydrogen) atoms. The average Bonchev–Trinajstić information content (AvgIpc) is 2.62. The third kappa shape index (κ3) is 4.56. The summed E-state index contributed by atoms with van der Waals surface area (Å²) in [5, 5.41) is 5.21. The van der Waals surface area contributed by atoms with Crippen LogP contribution < -0.4 is 10.6 Å². The molecule has 2 aromatic carbocycles. The van der Waals surface area contributed by atoms with Crippen molar-refractivity contribution in [2.75, 3.05) is 23.7 Å². The van der Waals surface area contributed by atoms with Crippen LogP contribution >= 0.6 is 0 Å². The van der Waals surface area contributed by atoms with Gasteiger partial charge in [-0.05, 0) is 61.7 Å². The van der Waals surface area contributed by atoms with Crippen molar-refractivity contribution in [1.29, 1.82) is 0 Å². The summed E-state index contributed by atoms with van der Waals surface area (Å²) in [6.45, 7) is 1.60. The van der Waals surface area contributed by atoms with Crippen LogP contribution in [0.1, 0.15) is 29.6 Å². The van der Waals surface area contributed by atoms with E-state index in [2.05, 4.69) is 10.6 Å². The smallest absolute Gasteiger partial charge is 0.323 e. The molecule has 0 aliphatic carbocycles. The van der Waals surface area contributed by atoms with Crippen molar-refractivity contribution in [2.45, 2.75) is 19.3 Å². The zero-order chi connectivity index (χ0) is 17.6. The predicted octanol–water partition coefficient (Wildman–Crippen LogP) is 4.10. The molecule has 0 spiro atoms. The molecular weight excluding hydrogens is 321 g/mol. The third-order valence-corrected chi connectivity index (χ3v) is 4.12. The van der Waals surface area contributed by atoms with Crippen molar-refractivity contribution in [2.24, 2.45) is 0 Å². The molecule has 3 amide bonds. The molecular formula is C19H20FN3O2. The fourth-order valence-corrected chi connectivity index (χ4v) is 2.84. The fraction of sp³-hybridized carbons (Fsp3) is 0.263. The second-order valence-corrected chi connectivity index (χ2v) is 6.02. The second kappa shape index (κ2) is 7.79. The number of carbonyl (C=O) groups is 2. The molecule has 2 N–H and O–H groups in total. The summed E-state index contributed by atoms with van der Waals surface area (Å²) in [5.74, 6) is -0.395. The van der Waals surface area contributed by atoms with Crippen LogP contribution in [0.3, 0.4) is 0 Å². The molecule has 1 aliphatic heterocycles. The fourth-order valence-electron chi connectivity index (χ4n) is 2.84. The Hall–Kier alpha value is -2.89. The number of carbonyl (C=O) groups excluding carboxylic acids is 2. The number of urea groups is 1. The Labute approximate surface area is 145 Å². The molecule has 3 rings (SSSR count). The Bertz CT molecular complexity index is 756. The molecule has 5 nitrogen and oxygen atoms in total. The van der Waals surface area contributed by atoms with E-state index in [1.54, 1.807) is 30.3 Å². The van der Waals surface area contributed by atoms with Crippen molar-refractivity contribution in [1.82, 2.24) is 4.90 Å². The number of benzene rings is 2. The minimum absolute atomic E-state index is 0.0236. The van der Waals surface area contributed by atoms with Gasteiger partial charge in [0.2, 0.25) is 0 Å². The van der Waals surface area contributed by atoms with Gasteiger partial charge in [-0.25, -0.2) is 9.18 Å². The lowest BCUT2D eigenvalue weighted by Crippen LogP contribution is -2.35. The lowest BCUT2D eigenvalue weighted by atomic mass is 10.1. The summed E-state index contributed by atoms with van der Waals surface area (Å²) in [4.78, 5) is 26.2. The van der Waals surface area contributed by atoms with Crippen LogP contribution in [0.25, 0.3) is 0 Å². The molecule has 6 heteroatoms. The van der Waals surface area contributed by atoms with Gasteiger partial charge >= 0.3 is 6.03 Å². The van der Waals surface area contributed by atoms with Crippen molar-refractivity contribution < 1.29 is 14.0 Å². The van der Waals surface area contributed by atoms with E-state index >= 15 is 0 Å². The highest BCUT2D eigenvalue weighted by atomic mass is 19.1.